The van der Waals surface area contributed by atoms with Crippen molar-refractivity contribution in [2.24, 2.45) is 0 Å². The molecular formula is C18H22N2O. The number of fused-ring (bicyclic) bond motifs is 1. The number of carbonyl (C=O) groups is 1. The van der Waals surface area contributed by atoms with Crippen molar-refractivity contribution in [2.75, 3.05) is 27.2 Å². The molecule has 0 unspecified atom stereocenters. The summed E-state index contributed by atoms with van der Waals surface area (Å²) in [6.45, 7) is 1.68. The molecule has 21 heavy (non-hydrogen) atoms. The summed E-state index contributed by atoms with van der Waals surface area (Å²) >= 11 is 0. The number of hydrogen-bond acceptors (Lipinski definition) is 2. The van der Waals surface area contributed by atoms with Gasteiger partial charge < -0.3 is 10.2 Å². The van der Waals surface area contributed by atoms with E-state index in [0.717, 1.165) is 23.9 Å². The van der Waals surface area contributed by atoms with E-state index in [1.54, 1.807) is 6.08 Å². The number of hydrogen-bond donors (Lipinski definition) is 1. The fourth-order valence-corrected chi connectivity index (χ4v) is 2.23. The van der Waals surface area contributed by atoms with Crippen LogP contribution in [0, 0.1) is 0 Å². The summed E-state index contributed by atoms with van der Waals surface area (Å²) in [5.74, 6) is -0.0401. The zero-order valence-corrected chi connectivity index (χ0v) is 12.7. The second kappa shape index (κ2) is 7.60. The molecule has 2 aromatic carbocycles. The average molecular weight is 282 g/mol. The Labute approximate surface area is 126 Å². The number of nitrogens with one attached hydrogen (secondary N) is 1. The standard InChI is InChI=1S/C18H22N2O/c1-20(2)14-6-13-19-18(21)12-11-16-9-5-8-15-7-3-4-10-17(15)16/h3-5,7-12H,6,13-14H2,1-2H3,(H,19,21)/b12-11+. The third-order valence-electron chi connectivity index (χ3n) is 3.32. The Morgan fingerprint density at radius 1 is 1.14 bits per heavy atom. The summed E-state index contributed by atoms with van der Waals surface area (Å²) in [5, 5.41) is 5.25. The van der Waals surface area contributed by atoms with Gasteiger partial charge in [-0.2, -0.15) is 0 Å². The van der Waals surface area contributed by atoms with Crippen LogP contribution in [0.1, 0.15) is 12.0 Å². The summed E-state index contributed by atoms with van der Waals surface area (Å²) in [4.78, 5) is 13.9. The lowest BCUT2D eigenvalue weighted by Crippen LogP contribution is -2.25. The summed E-state index contributed by atoms with van der Waals surface area (Å²) in [7, 11) is 4.06. The van der Waals surface area contributed by atoms with E-state index < -0.39 is 0 Å². The van der Waals surface area contributed by atoms with Gasteiger partial charge in [0.05, 0.1) is 0 Å². The molecule has 1 amide bonds. The van der Waals surface area contributed by atoms with Crippen LogP contribution in [0.3, 0.4) is 0 Å². The topological polar surface area (TPSA) is 32.3 Å². The summed E-state index contributed by atoms with van der Waals surface area (Å²) in [5.41, 5.74) is 1.07. The predicted octanol–water partition coefficient (Wildman–Crippen LogP) is 2.92. The Balaban J connectivity index is 1.95. The molecule has 0 saturated carbocycles. The van der Waals surface area contributed by atoms with E-state index in [2.05, 4.69) is 28.4 Å². The molecule has 0 heterocycles. The number of amides is 1. The minimum absolute atomic E-state index is 0.0401. The van der Waals surface area contributed by atoms with Gasteiger partial charge in [-0.25, -0.2) is 0 Å². The molecule has 0 aliphatic rings. The first-order valence-corrected chi connectivity index (χ1v) is 7.25. The Morgan fingerprint density at radius 3 is 2.71 bits per heavy atom. The number of nitrogens with zero attached hydrogens (tertiary/aromatic N) is 1. The maximum Gasteiger partial charge on any atom is 0.244 e. The van der Waals surface area contributed by atoms with Gasteiger partial charge in [0, 0.05) is 12.6 Å². The molecule has 3 nitrogen and oxygen atoms in total. The summed E-state index contributed by atoms with van der Waals surface area (Å²) in [6.07, 6.45) is 4.45. The largest absolute Gasteiger partial charge is 0.353 e. The lowest BCUT2D eigenvalue weighted by Gasteiger charge is -2.08. The minimum atomic E-state index is -0.0401. The molecule has 2 rings (SSSR count). The first-order chi connectivity index (χ1) is 10.2. The highest BCUT2D eigenvalue weighted by Gasteiger charge is 1.99. The number of benzene rings is 2. The van der Waals surface area contributed by atoms with Crippen molar-refractivity contribution in [1.29, 1.82) is 0 Å². The Hall–Kier alpha value is -2.13. The SMILES string of the molecule is CN(C)CCCNC(=O)/C=C/c1cccc2ccccc12. The average Bonchev–Trinajstić information content (AvgIpc) is 2.49. The van der Waals surface area contributed by atoms with Gasteiger partial charge in [-0.3, -0.25) is 4.79 Å². The molecular weight excluding hydrogens is 260 g/mol. The third-order valence-corrected chi connectivity index (χ3v) is 3.32. The van der Waals surface area contributed by atoms with Crippen LogP contribution in [0.25, 0.3) is 16.8 Å². The second-order valence-corrected chi connectivity index (χ2v) is 5.35. The fraction of sp³-hybridized carbons (Fsp3) is 0.278. The number of carbonyl (C=O) groups excluding carboxylic acids is 1. The molecule has 0 atom stereocenters. The van der Waals surface area contributed by atoms with Gasteiger partial charge in [-0.15, -0.1) is 0 Å². The monoisotopic (exact) mass is 282 g/mol. The Bertz CT molecular complexity index is 627. The van der Waals surface area contributed by atoms with E-state index >= 15 is 0 Å². The first-order valence-electron chi connectivity index (χ1n) is 7.25. The van der Waals surface area contributed by atoms with Gasteiger partial charge >= 0.3 is 0 Å². The number of rotatable bonds is 6. The van der Waals surface area contributed by atoms with Crippen molar-refractivity contribution in [3.05, 3.63) is 54.1 Å². The molecule has 0 aliphatic carbocycles. The summed E-state index contributed by atoms with van der Waals surface area (Å²) in [6, 6.07) is 14.3. The van der Waals surface area contributed by atoms with Gasteiger partial charge in [-0.05, 0) is 49.5 Å². The van der Waals surface area contributed by atoms with E-state index in [9.17, 15) is 4.79 Å². The highest BCUT2D eigenvalue weighted by atomic mass is 16.1. The minimum Gasteiger partial charge on any atom is -0.353 e. The van der Waals surface area contributed by atoms with Gasteiger partial charge in [0.1, 0.15) is 0 Å². The molecule has 0 bridgehead atoms. The lowest BCUT2D eigenvalue weighted by molar-refractivity contribution is -0.116. The fourth-order valence-electron chi connectivity index (χ4n) is 2.23. The van der Waals surface area contributed by atoms with E-state index in [-0.39, 0.29) is 5.91 Å². The molecule has 0 saturated heterocycles. The van der Waals surface area contributed by atoms with Crippen LogP contribution >= 0.6 is 0 Å². The van der Waals surface area contributed by atoms with Crippen molar-refractivity contribution < 1.29 is 4.79 Å². The van der Waals surface area contributed by atoms with Crippen molar-refractivity contribution in [3.63, 3.8) is 0 Å². The lowest BCUT2D eigenvalue weighted by atomic mass is 10.0. The molecule has 2 aromatic rings. The van der Waals surface area contributed by atoms with Gasteiger partial charge in [0.15, 0.2) is 0 Å². The highest BCUT2D eigenvalue weighted by molar-refractivity contribution is 5.96. The molecule has 0 aromatic heterocycles. The zero-order valence-electron chi connectivity index (χ0n) is 12.7. The quantitative estimate of drug-likeness (QED) is 0.652. The first kappa shape index (κ1) is 15.3. The summed E-state index contributed by atoms with van der Waals surface area (Å²) < 4.78 is 0. The van der Waals surface area contributed by atoms with Gasteiger partial charge in [0.2, 0.25) is 5.91 Å². The maximum absolute atomic E-state index is 11.8. The van der Waals surface area contributed by atoms with Crippen molar-refractivity contribution in [3.8, 4) is 0 Å². The molecule has 110 valence electrons. The molecule has 0 spiro atoms. The zero-order chi connectivity index (χ0) is 15.1. The van der Waals surface area contributed by atoms with Crippen LogP contribution in [-0.4, -0.2) is 38.0 Å². The van der Waals surface area contributed by atoms with E-state index in [1.165, 1.54) is 5.39 Å². The molecule has 3 heteroatoms. The Morgan fingerprint density at radius 2 is 1.90 bits per heavy atom. The third kappa shape index (κ3) is 4.72. The molecule has 0 fully saturated rings. The molecule has 0 radical (unpaired) electrons. The van der Waals surface area contributed by atoms with Gasteiger partial charge in [0.25, 0.3) is 0 Å². The smallest absolute Gasteiger partial charge is 0.244 e. The second-order valence-electron chi connectivity index (χ2n) is 5.35. The van der Waals surface area contributed by atoms with E-state index in [4.69, 9.17) is 0 Å². The highest BCUT2D eigenvalue weighted by Crippen LogP contribution is 2.19. The molecule has 1 N–H and O–H groups in total. The Kier molecular flexibility index (Phi) is 5.52. The van der Waals surface area contributed by atoms with Crippen LogP contribution in [0.2, 0.25) is 0 Å². The van der Waals surface area contributed by atoms with Crippen LogP contribution < -0.4 is 5.32 Å². The van der Waals surface area contributed by atoms with Crippen molar-refractivity contribution in [2.45, 2.75) is 6.42 Å². The predicted molar refractivity (Wildman–Crippen MR) is 89.2 cm³/mol. The normalized spacial score (nSPS) is 11.4. The van der Waals surface area contributed by atoms with Gasteiger partial charge in [-0.1, -0.05) is 42.5 Å². The van der Waals surface area contributed by atoms with Crippen LogP contribution in [0.5, 0.6) is 0 Å². The van der Waals surface area contributed by atoms with Crippen LogP contribution in [0.4, 0.5) is 0 Å². The molecule has 0 aliphatic heterocycles. The van der Waals surface area contributed by atoms with Crippen LogP contribution in [0.15, 0.2) is 48.5 Å². The van der Waals surface area contributed by atoms with E-state index in [0.29, 0.717) is 6.54 Å². The maximum atomic E-state index is 11.8. The van der Waals surface area contributed by atoms with Crippen molar-refractivity contribution in [1.82, 2.24) is 10.2 Å². The van der Waals surface area contributed by atoms with Crippen LogP contribution in [-0.2, 0) is 4.79 Å². The van der Waals surface area contributed by atoms with E-state index in [1.807, 2.05) is 44.4 Å². The van der Waals surface area contributed by atoms with Crippen molar-refractivity contribution >= 4 is 22.8 Å².